The van der Waals surface area contributed by atoms with Crippen molar-refractivity contribution in [2.24, 2.45) is 0 Å². The second-order valence-corrected chi connectivity index (χ2v) is 5.73. The Kier molecular flexibility index (Phi) is 4.67. The molecule has 0 saturated carbocycles. The molecule has 0 aliphatic rings. The minimum Gasteiger partial charge on any atom is -0.505 e. The predicted molar refractivity (Wildman–Crippen MR) is 97.3 cm³/mol. The second kappa shape index (κ2) is 7.08. The molecule has 9 nitrogen and oxygen atoms in total. The standard InChI is InChI=1S/C18H14N4O5/c1-11-3-2-4-14(9-11)21-16(24)10-15(23)17(20-21)18(25)19-12-5-7-13(8-6-12)22(26)27/h2-10,23H,1H3,(H,19,25). The van der Waals surface area contributed by atoms with Crippen LogP contribution >= 0.6 is 0 Å². The number of nitrogens with zero attached hydrogens (tertiary/aromatic N) is 3. The molecule has 2 N–H and O–H groups in total. The molecule has 3 aromatic rings. The van der Waals surface area contributed by atoms with Gasteiger partial charge in [0.15, 0.2) is 11.4 Å². The second-order valence-electron chi connectivity index (χ2n) is 5.73. The third-order valence-electron chi connectivity index (χ3n) is 3.71. The summed E-state index contributed by atoms with van der Waals surface area (Å²) >= 11 is 0. The number of nitro benzene ring substituents is 1. The average Bonchev–Trinajstić information content (AvgIpc) is 2.62. The van der Waals surface area contributed by atoms with Crippen LogP contribution in [0.2, 0.25) is 0 Å². The number of rotatable bonds is 4. The van der Waals surface area contributed by atoms with Crippen LogP contribution in [0.15, 0.2) is 59.4 Å². The molecule has 2 aromatic carbocycles. The maximum absolute atomic E-state index is 12.4. The van der Waals surface area contributed by atoms with E-state index in [-0.39, 0.29) is 17.1 Å². The number of carbonyl (C=O) groups excluding carboxylic acids is 1. The number of aryl methyl sites for hydroxylation is 1. The van der Waals surface area contributed by atoms with Crippen molar-refractivity contribution in [1.82, 2.24) is 9.78 Å². The summed E-state index contributed by atoms with van der Waals surface area (Å²) in [6.45, 7) is 1.84. The zero-order chi connectivity index (χ0) is 19.6. The monoisotopic (exact) mass is 366 g/mol. The highest BCUT2D eigenvalue weighted by atomic mass is 16.6. The maximum atomic E-state index is 12.4. The van der Waals surface area contributed by atoms with Crippen molar-refractivity contribution in [2.75, 3.05) is 5.32 Å². The van der Waals surface area contributed by atoms with Gasteiger partial charge in [-0.1, -0.05) is 12.1 Å². The van der Waals surface area contributed by atoms with Gasteiger partial charge < -0.3 is 10.4 Å². The van der Waals surface area contributed by atoms with Gasteiger partial charge in [-0.3, -0.25) is 19.7 Å². The van der Waals surface area contributed by atoms with Crippen LogP contribution in [0.4, 0.5) is 11.4 Å². The van der Waals surface area contributed by atoms with E-state index in [4.69, 9.17) is 0 Å². The molecule has 1 aromatic heterocycles. The Labute approximate surface area is 152 Å². The minimum absolute atomic E-state index is 0.123. The van der Waals surface area contributed by atoms with Crippen molar-refractivity contribution in [1.29, 1.82) is 0 Å². The fourth-order valence-electron chi connectivity index (χ4n) is 2.41. The molecule has 0 radical (unpaired) electrons. The Hall–Kier alpha value is -4.01. The Bertz CT molecular complexity index is 1090. The first kappa shape index (κ1) is 17.8. The van der Waals surface area contributed by atoms with Crippen molar-refractivity contribution >= 4 is 17.3 Å². The van der Waals surface area contributed by atoms with Crippen LogP contribution in [0.3, 0.4) is 0 Å². The zero-order valence-electron chi connectivity index (χ0n) is 14.1. The molecule has 3 rings (SSSR count). The van der Waals surface area contributed by atoms with E-state index in [0.29, 0.717) is 5.69 Å². The summed E-state index contributed by atoms with van der Waals surface area (Å²) in [6.07, 6.45) is 0. The van der Waals surface area contributed by atoms with Crippen LogP contribution in [-0.4, -0.2) is 25.7 Å². The first-order chi connectivity index (χ1) is 12.8. The number of non-ortho nitro benzene ring substituents is 1. The summed E-state index contributed by atoms with van der Waals surface area (Å²) in [5, 5.41) is 27.1. The van der Waals surface area contributed by atoms with Gasteiger partial charge in [-0.25, -0.2) is 0 Å². The first-order valence-corrected chi connectivity index (χ1v) is 7.81. The highest BCUT2D eigenvalue weighted by molar-refractivity contribution is 6.04. The van der Waals surface area contributed by atoms with Crippen molar-refractivity contribution in [3.8, 4) is 11.4 Å². The molecule has 0 spiro atoms. The molecule has 0 aliphatic carbocycles. The number of carbonyl (C=O) groups is 1. The number of nitrogens with one attached hydrogen (secondary N) is 1. The number of amides is 1. The smallest absolute Gasteiger partial charge is 0.279 e. The van der Waals surface area contributed by atoms with Gasteiger partial charge in [0.05, 0.1) is 10.6 Å². The highest BCUT2D eigenvalue weighted by Gasteiger charge is 2.17. The molecule has 0 bridgehead atoms. The Balaban J connectivity index is 1.93. The highest BCUT2D eigenvalue weighted by Crippen LogP contribution is 2.18. The quantitative estimate of drug-likeness (QED) is 0.539. The topological polar surface area (TPSA) is 127 Å². The lowest BCUT2D eigenvalue weighted by Gasteiger charge is -2.10. The third kappa shape index (κ3) is 3.82. The summed E-state index contributed by atoms with van der Waals surface area (Å²) in [6, 6.07) is 13.0. The Morgan fingerprint density at radius 3 is 2.52 bits per heavy atom. The van der Waals surface area contributed by atoms with Gasteiger partial charge in [-0.05, 0) is 36.8 Å². The normalized spacial score (nSPS) is 10.4. The molecule has 9 heteroatoms. The van der Waals surface area contributed by atoms with Crippen molar-refractivity contribution in [2.45, 2.75) is 6.92 Å². The van der Waals surface area contributed by atoms with E-state index < -0.39 is 22.1 Å². The Morgan fingerprint density at radius 2 is 1.89 bits per heavy atom. The summed E-state index contributed by atoms with van der Waals surface area (Å²) in [7, 11) is 0. The average molecular weight is 366 g/mol. The van der Waals surface area contributed by atoms with Crippen molar-refractivity contribution in [3.63, 3.8) is 0 Å². The molecule has 0 saturated heterocycles. The minimum atomic E-state index is -0.761. The van der Waals surface area contributed by atoms with Gasteiger partial charge >= 0.3 is 0 Å². The molecular weight excluding hydrogens is 352 g/mol. The summed E-state index contributed by atoms with van der Waals surface area (Å²) < 4.78 is 1.01. The van der Waals surface area contributed by atoms with E-state index in [1.807, 2.05) is 13.0 Å². The molecule has 0 aliphatic heterocycles. The molecular formula is C18H14N4O5. The van der Waals surface area contributed by atoms with E-state index in [2.05, 4.69) is 10.4 Å². The van der Waals surface area contributed by atoms with Crippen LogP contribution in [0, 0.1) is 17.0 Å². The van der Waals surface area contributed by atoms with Crippen molar-refractivity contribution in [3.05, 3.63) is 86.3 Å². The molecule has 1 heterocycles. The molecule has 1 amide bonds. The van der Waals surface area contributed by atoms with Gasteiger partial charge in [0.2, 0.25) is 0 Å². The number of hydrogen-bond donors (Lipinski definition) is 2. The molecule has 27 heavy (non-hydrogen) atoms. The van der Waals surface area contributed by atoms with Gasteiger partial charge in [-0.2, -0.15) is 9.78 Å². The molecule has 136 valence electrons. The zero-order valence-corrected chi connectivity index (χ0v) is 14.1. The number of anilines is 1. The number of hydrogen-bond acceptors (Lipinski definition) is 6. The third-order valence-corrected chi connectivity index (χ3v) is 3.71. The van der Waals surface area contributed by atoms with Gasteiger partial charge in [0, 0.05) is 23.9 Å². The fraction of sp³-hybridized carbons (Fsp3) is 0.0556. The largest absolute Gasteiger partial charge is 0.505 e. The lowest BCUT2D eigenvalue weighted by Crippen LogP contribution is -2.25. The van der Waals surface area contributed by atoms with E-state index >= 15 is 0 Å². The maximum Gasteiger partial charge on any atom is 0.279 e. The van der Waals surface area contributed by atoms with Crippen molar-refractivity contribution < 1.29 is 14.8 Å². The number of aromatic hydroxyl groups is 1. The number of nitro groups is 1. The van der Waals surface area contributed by atoms with E-state index in [9.17, 15) is 24.8 Å². The van der Waals surface area contributed by atoms with E-state index in [0.717, 1.165) is 16.3 Å². The fourth-order valence-corrected chi connectivity index (χ4v) is 2.41. The number of benzene rings is 2. The lowest BCUT2D eigenvalue weighted by atomic mass is 10.2. The van der Waals surface area contributed by atoms with E-state index in [1.165, 1.54) is 24.3 Å². The SMILES string of the molecule is Cc1cccc(-n2nc(C(=O)Nc3ccc([N+](=O)[O-])cc3)c(O)cc2=O)c1. The lowest BCUT2D eigenvalue weighted by molar-refractivity contribution is -0.384. The van der Waals surface area contributed by atoms with Gasteiger partial charge in [-0.15, -0.1) is 0 Å². The summed E-state index contributed by atoms with van der Waals surface area (Å²) in [4.78, 5) is 34.7. The summed E-state index contributed by atoms with van der Waals surface area (Å²) in [5.74, 6) is -1.33. The first-order valence-electron chi connectivity index (χ1n) is 7.81. The van der Waals surface area contributed by atoms with Gasteiger partial charge in [0.1, 0.15) is 0 Å². The molecule has 0 unspecified atom stereocenters. The Morgan fingerprint density at radius 1 is 1.19 bits per heavy atom. The number of aromatic nitrogens is 2. The molecule has 0 fully saturated rings. The predicted octanol–water partition coefficient (Wildman–Crippen LogP) is 2.41. The van der Waals surface area contributed by atoms with Gasteiger partial charge in [0.25, 0.3) is 17.2 Å². The summed E-state index contributed by atoms with van der Waals surface area (Å²) in [5.41, 5.74) is 0.553. The van der Waals surface area contributed by atoms with Crippen LogP contribution in [0.25, 0.3) is 5.69 Å². The van der Waals surface area contributed by atoms with Crippen LogP contribution in [0.1, 0.15) is 16.1 Å². The van der Waals surface area contributed by atoms with Crippen LogP contribution in [-0.2, 0) is 0 Å². The van der Waals surface area contributed by atoms with E-state index in [1.54, 1.807) is 18.2 Å². The van der Waals surface area contributed by atoms with Crippen LogP contribution in [0.5, 0.6) is 5.75 Å². The van der Waals surface area contributed by atoms with Crippen LogP contribution < -0.4 is 10.9 Å². The molecule has 0 atom stereocenters.